The lowest BCUT2D eigenvalue weighted by atomic mass is 9.96. The zero-order valence-electron chi connectivity index (χ0n) is 14.4. The van der Waals surface area contributed by atoms with E-state index in [1.165, 1.54) is 0 Å². The number of piperidine rings is 1. The fraction of sp³-hybridized carbons (Fsp3) is 0.500. The summed E-state index contributed by atoms with van der Waals surface area (Å²) in [4.78, 5) is 13.9. The Morgan fingerprint density at radius 2 is 1.96 bits per heavy atom. The second kappa shape index (κ2) is 6.63. The van der Waals surface area contributed by atoms with Gasteiger partial charge in [-0.15, -0.1) is 0 Å². The molecule has 0 radical (unpaired) electrons. The van der Waals surface area contributed by atoms with E-state index in [-0.39, 0.29) is 6.09 Å². The Balaban J connectivity index is 1.54. The van der Waals surface area contributed by atoms with Crippen molar-refractivity contribution in [3.63, 3.8) is 0 Å². The molecule has 3 rings (SSSR count). The van der Waals surface area contributed by atoms with Crippen LogP contribution >= 0.6 is 0 Å². The minimum atomic E-state index is -0.442. The summed E-state index contributed by atoms with van der Waals surface area (Å²) in [6.07, 6.45) is 5.99. The van der Waals surface area contributed by atoms with Gasteiger partial charge in [0, 0.05) is 13.1 Å². The van der Waals surface area contributed by atoms with E-state index < -0.39 is 5.60 Å². The van der Waals surface area contributed by atoms with Crippen LogP contribution in [0.5, 0.6) is 0 Å². The summed E-state index contributed by atoms with van der Waals surface area (Å²) < 4.78 is 10.1. The Morgan fingerprint density at radius 3 is 2.67 bits per heavy atom. The molecule has 1 saturated heterocycles. The van der Waals surface area contributed by atoms with Gasteiger partial charge in [-0.05, 0) is 67.5 Å². The monoisotopic (exact) mass is 329 g/mol. The topological polar surface area (TPSA) is 68.5 Å². The number of carbonyl (C=O) groups is 1. The number of fused-ring (bicyclic) bond motifs is 1. The average molecular weight is 329 g/mol. The second-order valence-corrected chi connectivity index (χ2v) is 7.18. The molecule has 0 aliphatic carbocycles. The van der Waals surface area contributed by atoms with Gasteiger partial charge in [0.2, 0.25) is 0 Å². The Labute approximate surface area is 141 Å². The third-order valence-corrected chi connectivity index (χ3v) is 4.03. The summed E-state index contributed by atoms with van der Waals surface area (Å²) >= 11 is 0. The molecule has 1 fully saturated rings. The highest BCUT2D eigenvalue weighted by Crippen LogP contribution is 2.22. The van der Waals surface area contributed by atoms with Gasteiger partial charge < -0.3 is 9.64 Å². The molecule has 1 aliphatic rings. The molecule has 0 bridgehead atoms. The van der Waals surface area contributed by atoms with E-state index in [0.717, 1.165) is 42.5 Å². The molecule has 0 unspecified atom stereocenters. The largest absolute Gasteiger partial charge is 0.444 e. The fourth-order valence-corrected chi connectivity index (χ4v) is 2.75. The lowest BCUT2D eigenvalue weighted by molar-refractivity contribution is 0.0197. The zero-order valence-corrected chi connectivity index (χ0v) is 14.4. The number of allylic oxidation sites excluding steroid dienone is 1. The Kier molecular flexibility index (Phi) is 4.55. The maximum atomic E-state index is 12.1. The molecule has 2 heterocycles. The molecule has 1 aliphatic heterocycles. The van der Waals surface area contributed by atoms with E-state index in [2.05, 4.69) is 22.5 Å². The number of aromatic nitrogens is 2. The van der Waals surface area contributed by atoms with E-state index in [1.807, 2.05) is 39.0 Å². The van der Waals surface area contributed by atoms with Crippen LogP contribution in [0.3, 0.4) is 0 Å². The number of carbonyl (C=O) groups excluding carboxylic acids is 1. The Hall–Kier alpha value is -2.37. The maximum Gasteiger partial charge on any atom is 0.410 e. The predicted molar refractivity (Wildman–Crippen MR) is 91.4 cm³/mol. The minimum Gasteiger partial charge on any atom is -0.444 e. The van der Waals surface area contributed by atoms with Crippen molar-refractivity contribution in [3.05, 3.63) is 29.8 Å². The predicted octanol–water partition coefficient (Wildman–Crippen LogP) is 3.88. The number of rotatable bonds is 2. The quantitative estimate of drug-likeness (QED) is 0.836. The van der Waals surface area contributed by atoms with Gasteiger partial charge in [-0.2, -0.15) is 0 Å². The van der Waals surface area contributed by atoms with Gasteiger partial charge in [0.25, 0.3) is 0 Å². The van der Waals surface area contributed by atoms with Crippen LogP contribution in [0.4, 0.5) is 4.79 Å². The number of likely N-dealkylation sites (tertiary alicyclic amines) is 1. The van der Waals surface area contributed by atoms with Crippen LogP contribution in [0, 0.1) is 5.92 Å². The molecule has 2 aromatic rings. The van der Waals surface area contributed by atoms with Crippen LogP contribution in [-0.4, -0.2) is 40.0 Å². The highest BCUT2D eigenvalue weighted by molar-refractivity contribution is 5.76. The number of amides is 1. The number of hydrogen-bond donors (Lipinski definition) is 0. The van der Waals surface area contributed by atoms with E-state index in [9.17, 15) is 4.79 Å². The first-order chi connectivity index (χ1) is 11.4. The SMILES string of the molecule is CC(C)(C)OC(=O)N1CCC(/C=C/c2ccc3nonc3c2)CC1. The summed E-state index contributed by atoms with van der Waals surface area (Å²) in [5, 5.41) is 7.65. The van der Waals surface area contributed by atoms with Gasteiger partial charge in [0.05, 0.1) is 0 Å². The first-order valence-electron chi connectivity index (χ1n) is 8.29. The standard InChI is InChI=1S/C18H23N3O3/c1-18(2,3)23-17(22)21-10-8-13(9-11-21)4-5-14-6-7-15-16(12-14)20-24-19-15/h4-7,12-13H,8-11H2,1-3H3/b5-4+. The summed E-state index contributed by atoms with van der Waals surface area (Å²) in [5.41, 5.74) is 2.16. The van der Waals surface area contributed by atoms with Gasteiger partial charge in [0.15, 0.2) is 0 Å². The lowest BCUT2D eigenvalue weighted by Crippen LogP contribution is -2.41. The van der Waals surface area contributed by atoms with Crippen molar-refractivity contribution in [2.24, 2.45) is 5.92 Å². The Bertz CT molecular complexity index is 737. The molecule has 0 saturated carbocycles. The highest BCUT2D eigenvalue weighted by Gasteiger charge is 2.25. The first kappa shape index (κ1) is 16.5. The lowest BCUT2D eigenvalue weighted by Gasteiger charge is -2.32. The van der Waals surface area contributed by atoms with Gasteiger partial charge in [-0.1, -0.05) is 18.2 Å². The molecule has 6 heteroatoms. The fourth-order valence-electron chi connectivity index (χ4n) is 2.75. The minimum absolute atomic E-state index is 0.214. The molecular weight excluding hydrogens is 306 g/mol. The first-order valence-corrected chi connectivity index (χ1v) is 8.29. The van der Waals surface area contributed by atoms with Crippen molar-refractivity contribution in [2.75, 3.05) is 13.1 Å². The van der Waals surface area contributed by atoms with Gasteiger partial charge >= 0.3 is 6.09 Å². The zero-order chi connectivity index (χ0) is 17.2. The Morgan fingerprint density at radius 1 is 1.25 bits per heavy atom. The molecule has 6 nitrogen and oxygen atoms in total. The van der Waals surface area contributed by atoms with Crippen LogP contribution in [0.25, 0.3) is 17.1 Å². The molecule has 0 N–H and O–H groups in total. The summed E-state index contributed by atoms with van der Waals surface area (Å²) in [7, 11) is 0. The molecule has 0 atom stereocenters. The second-order valence-electron chi connectivity index (χ2n) is 7.18. The number of nitrogens with zero attached hydrogens (tertiary/aromatic N) is 3. The third-order valence-electron chi connectivity index (χ3n) is 4.03. The van der Waals surface area contributed by atoms with Crippen LogP contribution in [0.15, 0.2) is 28.9 Å². The molecule has 1 aromatic carbocycles. The van der Waals surface area contributed by atoms with Gasteiger partial charge in [0.1, 0.15) is 16.6 Å². The van der Waals surface area contributed by atoms with Crippen molar-refractivity contribution in [1.82, 2.24) is 15.2 Å². The van der Waals surface area contributed by atoms with Gasteiger partial charge in [-0.25, -0.2) is 9.42 Å². The van der Waals surface area contributed by atoms with E-state index in [1.54, 1.807) is 4.90 Å². The van der Waals surface area contributed by atoms with Gasteiger partial charge in [-0.3, -0.25) is 0 Å². The molecule has 1 amide bonds. The van der Waals surface area contributed by atoms with E-state index >= 15 is 0 Å². The van der Waals surface area contributed by atoms with Crippen molar-refractivity contribution in [1.29, 1.82) is 0 Å². The third kappa shape index (κ3) is 4.13. The molecular formula is C18H23N3O3. The highest BCUT2D eigenvalue weighted by atomic mass is 16.6. The van der Waals surface area contributed by atoms with Crippen molar-refractivity contribution < 1.29 is 14.2 Å². The van der Waals surface area contributed by atoms with Crippen LogP contribution in [-0.2, 0) is 4.74 Å². The normalized spacial score (nSPS) is 16.9. The summed E-state index contributed by atoms with van der Waals surface area (Å²) in [5.74, 6) is 0.467. The van der Waals surface area contributed by atoms with Crippen molar-refractivity contribution in [3.8, 4) is 0 Å². The number of hydrogen-bond acceptors (Lipinski definition) is 5. The van der Waals surface area contributed by atoms with Crippen LogP contribution in [0.1, 0.15) is 39.2 Å². The summed E-state index contributed by atoms with van der Waals surface area (Å²) in [6, 6.07) is 5.85. The van der Waals surface area contributed by atoms with Crippen LogP contribution in [0.2, 0.25) is 0 Å². The number of ether oxygens (including phenoxy) is 1. The van der Waals surface area contributed by atoms with Crippen molar-refractivity contribution >= 4 is 23.2 Å². The summed E-state index contributed by atoms with van der Waals surface area (Å²) in [6.45, 7) is 7.14. The molecule has 1 aromatic heterocycles. The maximum absolute atomic E-state index is 12.1. The van der Waals surface area contributed by atoms with E-state index in [4.69, 9.17) is 9.37 Å². The average Bonchev–Trinajstić information content (AvgIpc) is 2.99. The number of benzene rings is 1. The molecule has 24 heavy (non-hydrogen) atoms. The van der Waals surface area contributed by atoms with E-state index in [0.29, 0.717) is 5.92 Å². The smallest absolute Gasteiger partial charge is 0.410 e. The van der Waals surface area contributed by atoms with Crippen molar-refractivity contribution in [2.45, 2.75) is 39.2 Å². The molecule has 128 valence electrons. The van der Waals surface area contributed by atoms with Crippen LogP contribution < -0.4 is 0 Å². The molecule has 0 spiro atoms.